The van der Waals surface area contributed by atoms with Crippen LogP contribution in [-0.4, -0.2) is 16.4 Å². The third-order valence-electron chi connectivity index (χ3n) is 4.90. The van der Waals surface area contributed by atoms with E-state index in [-0.39, 0.29) is 5.91 Å². The summed E-state index contributed by atoms with van der Waals surface area (Å²) >= 11 is 0. The average Bonchev–Trinajstić information content (AvgIpc) is 2.91. The Kier molecular flexibility index (Phi) is 3.89. The minimum absolute atomic E-state index is 0.186. The molecule has 1 aromatic carbocycles. The molecule has 0 spiro atoms. The molecule has 1 saturated carbocycles. The van der Waals surface area contributed by atoms with Gasteiger partial charge in [-0.05, 0) is 62.3 Å². The normalized spacial score (nSPS) is 24.3. The van der Waals surface area contributed by atoms with Crippen LogP contribution in [0.25, 0.3) is 10.9 Å². The minimum Gasteiger partial charge on any atom is -0.351 e. The predicted octanol–water partition coefficient (Wildman–Crippen LogP) is 3.99. The summed E-state index contributed by atoms with van der Waals surface area (Å²) in [6.45, 7) is 6.23. The van der Waals surface area contributed by atoms with E-state index in [4.69, 9.17) is 0 Å². The molecular weight excluding hydrogens is 286 g/mol. The Hall–Kier alpha value is -2.28. The van der Waals surface area contributed by atoms with Crippen molar-refractivity contribution < 1.29 is 4.79 Å². The Balaban J connectivity index is 1.88. The molecule has 1 amide bonds. The summed E-state index contributed by atoms with van der Waals surface area (Å²) in [6, 6.07) is 8.39. The lowest BCUT2D eigenvalue weighted by Gasteiger charge is -2.34. The quantitative estimate of drug-likeness (QED) is 0.880. The van der Waals surface area contributed by atoms with Gasteiger partial charge in [0.25, 0.3) is 5.91 Å². The first-order valence-electron chi connectivity index (χ1n) is 8.26. The van der Waals surface area contributed by atoms with Gasteiger partial charge < -0.3 is 10.3 Å². The van der Waals surface area contributed by atoms with Gasteiger partial charge in [0.15, 0.2) is 0 Å². The van der Waals surface area contributed by atoms with E-state index in [1.807, 2.05) is 26.0 Å². The molecule has 1 fully saturated rings. The topological polar surface area (TPSA) is 68.7 Å². The van der Waals surface area contributed by atoms with Gasteiger partial charge in [0, 0.05) is 10.9 Å². The van der Waals surface area contributed by atoms with Crippen LogP contribution in [0.2, 0.25) is 0 Å². The SMILES string of the molecule is Cc1cc(C)c2cc(C(=O)N[C@]3(C#N)CCC[C@H](C)C3)[nH]c2c1. The van der Waals surface area contributed by atoms with Crippen molar-refractivity contribution >= 4 is 16.8 Å². The van der Waals surface area contributed by atoms with Crippen LogP contribution in [0.1, 0.15) is 54.2 Å². The monoisotopic (exact) mass is 309 g/mol. The molecule has 4 heteroatoms. The highest BCUT2D eigenvalue weighted by Gasteiger charge is 2.36. The molecule has 23 heavy (non-hydrogen) atoms. The maximum absolute atomic E-state index is 12.7. The van der Waals surface area contributed by atoms with Crippen molar-refractivity contribution in [1.29, 1.82) is 5.26 Å². The lowest BCUT2D eigenvalue weighted by atomic mass is 9.77. The standard InChI is InChI=1S/C19H23N3O/c1-12-5-4-6-19(10-12,11-20)22-18(23)17-9-15-14(3)7-13(2)8-16(15)21-17/h7-9,12,21H,4-6,10H2,1-3H3,(H,22,23)/t12-,19+/m0/s1. The Labute approximate surface area is 136 Å². The fourth-order valence-corrected chi connectivity index (χ4v) is 3.80. The van der Waals surface area contributed by atoms with Crippen LogP contribution in [0.3, 0.4) is 0 Å². The van der Waals surface area contributed by atoms with Gasteiger partial charge in [0.2, 0.25) is 0 Å². The second kappa shape index (κ2) is 5.73. The number of benzene rings is 1. The number of carbonyl (C=O) groups excluding carboxylic acids is 1. The Morgan fingerprint density at radius 3 is 2.87 bits per heavy atom. The van der Waals surface area contributed by atoms with Gasteiger partial charge in [0.1, 0.15) is 11.2 Å². The number of amides is 1. The first kappa shape index (κ1) is 15.6. The van der Waals surface area contributed by atoms with Gasteiger partial charge in [-0.3, -0.25) is 4.79 Å². The number of nitrogens with one attached hydrogen (secondary N) is 2. The molecule has 1 aliphatic carbocycles. The molecule has 0 unspecified atom stereocenters. The molecule has 2 aromatic rings. The summed E-state index contributed by atoms with van der Waals surface area (Å²) in [5.74, 6) is 0.283. The number of aryl methyl sites for hydroxylation is 2. The van der Waals surface area contributed by atoms with Crippen LogP contribution in [0.4, 0.5) is 0 Å². The lowest BCUT2D eigenvalue weighted by Crippen LogP contribution is -2.50. The van der Waals surface area contributed by atoms with Crippen molar-refractivity contribution in [1.82, 2.24) is 10.3 Å². The molecule has 0 saturated heterocycles. The van der Waals surface area contributed by atoms with Crippen molar-refractivity contribution in [2.24, 2.45) is 5.92 Å². The molecule has 4 nitrogen and oxygen atoms in total. The van der Waals surface area contributed by atoms with Gasteiger partial charge in [-0.1, -0.05) is 19.4 Å². The van der Waals surface area contributed by atoms with Gasteiger partial charge in [-0.15, -0.1) is 0 Å². The van der Waals surface area contributed by atoms with E-state index in [1.165, 1.54) is 5.56 Å². The Morgan fingerprint density at radius 2 is 2.17 bits per heavy atom. The molecule has 1 aliphatic rings. The number of carbonyl (C=O) groups is 1. The van der Waals surface area contributed by atoms with Gasteiger partial charge >= 0.3 is 0 Å². The molecule has 2 atom stereocenters. The number of hydrogen-bond acceptors (Lipinski definition) is 2. The first-order chi connectivity index (χ1) is 10.9. The van der Waals surface area contributed by atoms with Crippen molar-refractivity contribution in [2.75, 3.05) is 0 Å². The maximum atomic E-state index is 12.7. The Bertz CT molecular complexity index is 799. The second-order valence-electron chi connectivity index (χ2n) is 7.08. The number of nitriles is 1. The van der Waals surface area contributed by atoms with E-state index in [0.717, 1.165) is 42.1 Å². The number of aromatic amines is 1. The van der Waals surface area contributed by atoms with Crippen LogP contribution in [-0.2, 0) is 0 Å². The molecular formula is C19H23N3O. The maximum Gasteiger partial charge on any atom is 0.268 e. The highest BCUT2D eigenvalue weighted by atomic mass is 16.2. The number of aromatic nitrogens is 1. The number of nitrogens with zero attached hydrogens (tertiary/aromatic N) is 1. The zero-order valence-corrected chi connectivity index (χ0v) is 14.0. The lowest BCUT2D eigenvalue weighted by molar-refractivity contribution is 0.0886. The van der Waals surface area contributed by atoms with E-state index in [2.05, 4.69) is 29.4 Å². The van der Waals surface area contributed by atoms with Crippen LogP contribution in [0.5, 0.6) is 0 Å². The number of hydrogen-bond donors (Lipinski definition) is 2. The van der Waals surface area contributed by atoms with Crippen LogP contribution < -0.4 is 5.32 Å². The molecule has 1 aromatic heterocycles. The number of fused-ring (bicyclic) bond motifs is 1. The number of rotatable bonds is 2. The summed E-state index contributed by atoms with van der Waals surface area (Å²) in [5, 5.41) is 13.7. The second-order valence-corrected chi connectivity index (χ2v) is 7.08. The molecule has 0 bridgehead atoms. The smallest absolute Gasteiger partial charge is 0.268 e. The van der Waals surface area contributed by atoms with E-state index >= 15 is 0 Å². The Morgan fingerprint density at radius 1 is 1.39 bits per heavy atom. The predicted molar refractivity (Wildman–Crippen MR) is 91.2 cm³/mol. The highest BCUT2D eigenvalue weighted by molar-refractivity contribution is 5.99. The largest absolute Gasteiger partial charge is 0.351 e. The van der Waals surface area contributed by atoms with Crippen LogP contribution in [0, 0.1) is 31.1 Å². The first-order valence-corrected chi connectivity index (χ1v) is 8.26. The van der Waals surface area contributed by atoms with Crippen molar-refractivity contribution in [3.63, 3.8) is 0 Å². The molecule has 0 aliphatic heterocycles. The molecule has 2 N–H and O–H groups in total. The minimum atomic E-state index is -0.725. The summed E-state index contributed by atoms with van der Waals surface area (Å²) in [5.41, 5.74) is 3.09. The van der Waals surface area contributed by atoms with Crippen molar-refractivity contribution in [3.05, 3.63) is 35.0 Å². The van der Waals surface area contributed by atoms with Crippen LogP contribution >= 0.6 is 0 Å². The van der Waals surface area contributed by atoms with Crippen molar-refractivity contribution in [2.45, 2.75) is 52.0 Å². The summed E-state index contributed by atoms with van der Waals surface area (Å²) in [7, 11) is 0. The molecule has 1 heterocycles. The summed E-state index contributed by atoms with van der Waals surface area (Å²) in [6.07, 6.45) is 3.58. The molecule has 3 rings (SSSR count). The van der Waals surface area contributed by atoms with Crippen LogP contribution in [0.15, 0.2) is 18.2 Å². The zero-order valence-electron chi connectivity index (χ0n) is 14.0. The summed E-state index contributed by atoms with van der Waals surface area (Å²) < 4.78 is 0. The van der Waals surface area contributed by atoms with E-state index in [0.29, 0.717) is 11.6 Å². The molecule has 120 valence electrons. The summed E-state index contributed by atoms with van der Waals surface area (Å²) in [4.78, 5) is 15.9. The van der Waals surface area contributed by atoms with Crippen molar-refractivity contribution in [3.8, 4) is 6.07 Å². The third-order valence-corrected chi connectivity index (χ3v) is 4.90. The molecule has 0 radical (unpaired) electrons. The van der Waals surface area contributed by atoms with Gasteiger partial charge in [0.05, 0.1) is 6.07 Å². The fourth-order valence-electron chi connectivity index (χ4n) is 3.80. The zero-order chi connectivity index (χ0) is 16.6. The highest BCUT2D eigenvalue weighted by Crippen LogP contribution is 2.32. The van der Waals surface area contributed by atoms with Gasteiger partial charge in [-0.25, -0.2) is 0 Å². The van der Waals surface area contributed by atoms with E-state index in [9.17, 15) is 10.1 Å². The van der Waals surface area contributed by atoms with E-state index < -0.39 is 5.54 Å². The number of H-pyrrole nitrogens is 1. The third kappa shape index (κ3) is 2.96. The average molecular weight is 309 g/mol. The van der Waals surface area contributed by atoms with E-state index in [1.54, 1.807) is 0 Å². The van der Waals surface area contributed by atoms with Gasteiger partial charge in [-0.2, -0.15) is 5.26 Å². The fraction of sp³-hybridized carbons (Fsp3) is 0.474.